The normalized spacial score (nSPS) is 11.4. The highest BCUT2D eigenvalue weighted by atomic mass is 19.4. The van der Waals surface area contributed by atoms with Crippen molar-refractivity contribution in [3.05, 3.63) is 53.2 Å². The SMILES string of the molecule is Cc1ccc(OCc2ccc(C(F)(F)F)cc2)c(N)n1. The van der Waals surface area contributed by atoms with E-state index < -0.39 is 11.7 Å². The number of pyridine rings is 1. The van der Waals surface area contributed by atoms with Gasteiger partial charge in [-0.1, -0.05) is 12.1 Å². The molecule has 6 heteroatoms. The number of ether oxygens (including phenoxy) is 1. The standard InChI is InChI=1S/C14H13F3N2O/c1-9-2-7-12(13(18)19-9)20-8-10-3-5-11(6-4-10)14(15,16)17/h2-7H,8H2,1H3,(H2,18,19). The zero-order valence-corrected chi connectivity index (χ0v) is 10.7. The van der Waals surface area contributed by atoms with E-state index in [9.17, 15) is 13.2 Å². The van der Waals surface area contributed by atoms with Crippen molar-refractivity contribution < 1.29 is 17.9 Å². The van der Waals surface area contributed by atoms with Gasteiger partial charge in [0.15, 0.2) is 11.6 Å². The number of aromatic nitrogens is 1. The Morgan fingerprint density at radius 3 is 2.30 bits per heavy atom. The maximum atomic E-state index is 12.4. The summed E-state index contributed by atoms with van der Waals surface area (Å²) in [5.41, 5.74) is 6.39. The molecular formula is C14H13F3N2O. The number of aryl methyl sites for hydroxylation is 1. The van der Waals surface area contributed by atoms with Gasteiger partial charge in [0.05, 0.1) is 5.56 Å². The largest absolute Gasteiger partial charge is 0.485 e. The predicted octanol–water partition coefficient (Wildman–Crippen LogP) is 3.57. The Morgan fingerprint density at radius 1 is 1.10 bits per heavy atom. The molecule has 0 bridgehead atoms. The van der Waals surface area contributed by atoms with Gasteiger partial charge >= 0.3 is 6.18 Å². The summed E-state index contributed by atoms with van der Waals surface area (Å²) in [6.07, 6.45) is -4.33. The average Bonchev–Trinajstić information content (AvgIpc) is 2.37. The first-order valence-electron chi connectivity index (χ1n) is 5.88. The van der Waals surface area contributed by atoms with Crippen molar-refractivity contribution in [1.29, 1.82) is 0 Å². The van der Waals surface area contributed by atoms with Crippen LogP contribution in [-0.2, 0) is 12.8 Å². The van der Waals surface area contributed by atoms with Crippen LogP contribution >= 0.6 is 0 Å². The summed E-state index contributed by atoms with van der Waals surface area (Å²) < 4.78 is 42.6. The van der Waals surface area contributed by atoms with Crippen molar-refractivity contribution in [2.45, 2.75) is 19.7 Å². The number of nitrogens with two attached hydrogens (primary N) is 1. The molecule has 106 valence electrons. The van der Waals surface area contributed by atoms with E-state index in [-0.39, 0.29) is 12.4 Å². The molecule has 0 unspecified atom stereocenters. The molecule has 2 N–H and O–H groups in total. The first-order chi connectivity index (χ1) is 9.36. The van der Waals surface area contributed by atoms with Gasteiger partial charge in [0.25, 0.3) is 0 Å². The van der Waals surface area contributed by atoms with E-state index in [1.165, 1.54) is 12.1 Å². The smallest absolute Gasteiger partial charge is 0.416 e. The number of benzene rings is 1. The number of nitrogen functional groups attached to an aromatic ring is 1. The van der Waals surface area contributed by atoms with Crippen LogP contribution in [0.25, 0.3) is 0 Å². The highest BCUT2D eigenvalue weighted by Crippen LogP contribution is 2.29. The molecule has 2 rings (SSSR count). The van der Waals surface area contributed by atoms with Gasteiger partial charge in [-0.05, 0) is 36.8 Å². The molecule has 0 spiro atoms. The maximum absolute atomic E-state index is 12.4. The van der Waals surface area contributed by atoms with Crippen LogP contribution in [0.15, 0.2) is 36.4 Å². The maximum Gasteiger partial charge on any atom is 0.416 e. The number of rotatable bonds is 3. The van der Waals surface area contributed by atoms with Crippen LogP contribution in [0.3, 0.4) is 0 Å². The summed E-state index contributed by atoms with van der Waals surface area (Å²) >= 11 is 0. The lowest BCUT2D eigenvalue weighted by atomic mass is 10.1. The fraction of sp³-hybridized carbons (Fsp3) is 0.214. The summed E-state index contributed by atoms with van der Waals surface area (Å²) in [5, 5.41) is 0. The van der Waals surface area contributed by atoms with E-state index in [2.05, 4.69) is 4.98 Å². The summed E-state index contributed by atoms with van der Waals surface area (Å²) in [6, 6.07) is 8.23. The van der Waals surface area contributed by atoms with E-state index in [4.69, 9.17) is 10.5 Å². The second kappa shape index (κ2) is 5.40. The molecule has 0 saturated carbocycles. The number of hydrogen-bond acceptors (Lipinski definition) is 3. The number of hydrogen-bond donors (Lipinski definition) is 1. The lowest BCUT2D eigenvalue weighted by molar-refractivity contribution is -0.137. The molecule has 3 nitrogen and oxygen atoms in total. The summed E-state index contributed by atoms with van der Waals surface area (Å²) in [4.78, 5) is 4.04. The minimum atomic E-state index is -4.33. The van der Waals surface area contributed by atoms with E-state index >= 15 is 0 Å². The van der Waals surface area contributed by atoms with Gasteiger partial charge in [0, 0.05) is 5.69 Å². The third-order valence-corrected chi connectivity index (χ3v) is 2.70. The summed E-state index contributed by atoms with van der Waals surface area (Å²) in [7, 11) is 0. The van der Waals surface area contributed by atoms with Crippen molar-refractivity contribution in [3.63, 3.8) is 0 Å². The minimum Gasteiger partial charge on any atom is -0.485 e. The fourth-order valence-corrected chi connectivity index (χ4v) is 1.64. The molecule has 0 saturated heterocycles. The van der Waals surface area contributed by atoms with Crippen molar-refractivity contribution in [2.24, 2.45) is 0 Å². The Balaban J connectivity index is 2.04. The highest BCUT2D eigenvalue weighted by Gasteiger charge is 2.29. The highest BCUT2D eigenvalue weighted by molar-refractivity contribution is 5.46. The van der Waals surface area contributed by atoms with E-state index in [0.717, 1.165) is 17.8 Å². The quantitative estimate of drug-likeness (QED) is 0.936. The Labute approximate surface area is 114 Å². The van der Waals surface area contributed by atoms with Crippen LogP contribution in [0.4, 0.5) is 19.0 Å². The Bertz CT molecular complexity index is 594. The Hall–Kier alpha value is -2.24. The van der Waals surface area contributed by atoms with Gasteiger partial charge < -0.3 is 10.5 Å². The topological polar surface area (TPSA) is 48.1 Å². The number of anilines is 1. The van der Waals surface area contributed by atoms with Crippen molar-refractivity contribution in [1.82, 2.24) is 4.98 Å². The number of nitrogens with zero attached hydrogens (tertiary/aromatic N) is 1. The molecule has 20 heavy (non-hydrogen) atoms. The van der Waals surface area contributed by atoms with Crippen molar-refractivity contribution in [2.75, 3.05) is 5.73 Å². The average molecular weight is 282 g/mol. The van der Waals surface area contributed by atoms with Crippen molar-refractivity contribution >= 4 is 5.82 Å². The van der Waals surface area contributed by atoms with Gasteiger partial charge in [-0.25, -0.2) is 4.98 Å². The van der Waals surface area contributed by atoms with Crippen LogP contribution in [0.2, 0.25) is 0 Å². The molecule has 1 aromatic carbocycles. The van der Waals surface area contributed by atoms with Gasteiger partial charge in [-0.15, -0.1) is 0 Å². The molecule has 0 aliphatic heterocycles. The van der Waals surface area contributed by atoms with Crippen LogP contribution in [-0.4, -0.2) is 4.98 Å². The van der Waals surface area contributed by atoms with Gasteiger partial charge in [0.1, 0.15) is 6.61 Å². The second-order valence-corrected chi connectivity index (χ2v) is 4.32. The number of alkyl halides is 3. The molecule has 0 aliphatic rings. The molecule has 0 amide bonds. The zero-order valence-electron chi connectivity index (χ0n) is 10.7. The third-order valence-electron chi connectivity index (χ3n) is 2.70. The molecule has 1 heterocycles. The second-order valence-electron chi connectivity index (χ2n) is 4.32. The van der Waals surface area contributed by atoms with E-state index in [0.29, 0.717) is 11.3 Å². The Kier molecular flexibility index (Phi) is 3.83. The fourth-order valence-electron chi connectivity index (χ4n) is 1.64. The minimum absolute atomic E-state index is 0.132. The summed E-state index contributed by atoms with van der Waals surface area (Å²) in [5.74, 6) is 0.674. The van der Waals surface area contributed by atoms with Crippen LogP contribution < -0.4 is 10.5 Å². The lowest BCUT2D eigenvalue weighted by Crippen LogP contribution is -2.05. The van der Waals surface area contributed by atoms with Gasteiger partial charge in [0.2, 0.25) is 0 Å². The lowest BCUT2D eigenvalue weighted by Gasteiger charge is -2.10. The van der Waals surface area contributed by atoms with Crippen LogP contribution in [0, 0.1) is 6.92 Å². The predicted molar refractivity (Wildman–Crippen MR) is 69.2 cm³/mol. The Morgan fingerprint density at radius 2 is 1.75 bits per heavy atom. The first kappa shape index (κ1) is 14.2. The molecular weight excluding hydrogens is 269 g/mol. The molecule has 2 aromatic rings. The summed E-state index contributed by atoms with van der Waals surface area (Å²) in [6.45, 7) is 1.93. The first-order valence-corrected chi connectivity index (χ1v) is 5.88. The molecule has 0 aliphatic carbocycles. The van der Waals surface area contributed by atoms with Gasteiger partial charge in [-0.3, -0.25) is 0 Å². The number of halogens is 3. The van der Waals surface area contributed by atoms with E-state index in [1.807, 2.05) is 0 Å². The third kappa shape index (κ3) is 3.40. The molecule has 0 radical (unpaired) electrons. The van der Waals surface area contributed by atoms with Crippen LogP contribution in [0.5, 0.6) is 5.75 Å². The zero-order chi connectivity index (χ0) is 14.8. The van der Waals surface area contributed by atoms with Gasteiger partial charge in [-0.2, -0.15) is 13.2 Å². The molecule has 1 aromatic heterocycles. The monoisotopic (exact) mass is 282 g/mol. The molecule has 0 fully saturated rings. The van der Waals surface area contributed by atoms with E-state index in [1.54, 1.807) is 19.1 Å². The molecule has 0 atom stereocenters. The van der Waals surface area contributed by atoms with Crippen molar-refractivity contribution in [3.8, 4) is 5.75 Å². The van der Waals surface area contributed by atoms with Crippen LogP contribution in [0.1, 0.15) is 16.8 Å².